The van der Waals surface area contributed by atoms with E-state index in [4.69, 9.17) is 4.42 Å². The summed E-state index contributed by atoms with van der Waals surface area (Å²) < 4.78 is 32.8. The first-order chi connectivity index (χ1) is 17.7. The molecule has 0 spiro atoms. The monoisotopic (exact) mass is 503 g/mol. The van der Waals surface area contributed by atoms with E-state index in [9.17, 15) is 13.6 Å². The lowest BCUT2D eigenvalue weighted by atomic mass is 9.99. The molecule has 4 heterocycles. The molecule has 0 unspecified atom stereocenters. The standard InChI is InChI=1S/C26H23F2N7O2/c1-12-10-16(15(4)30-18-9-8-13(2)29-21(18)26-32-34-35-33-26)24-17(11-12)22(36)14(3)23(37-24)19-6-5-7-20(31-19)25(27)28/h5-11,15,25,30H,1-4H3,(H,32,33,34,35)/t15-/m1/s1. The normalized spacial score (nSPS) is 12.3. The lowest BCUT2D eigenvalue weighted by Crippen LogP contribution is -2.13. The van der Waals surface area contributed by atoms with Gasteiger partial charge in [0.2, 0.25) is 5.82 Å². The van der Waals surface area contributed by atoms with Crippen molar-refractivity contribution in [2.45, 2.75) is 40.2 Å². The summed E-state index contributed by atoms with van der Waals surface area (Å²) in [6.07, 6.45) is -2.74. The summed E-state index contributed by atoms with van der Waals surface area (Å²) in [4.78, 5) is 22.0. The number of alkyl halides is 2. The second kappa shape index (κ2) is 9.49. The van der Waals surface area contributed by atoms with Crippen LogP contribution >= 0.6 is 0 Å². The molecule has 9 nitrogen and oxygen atoms in total. The predicted molar refractivity (Wildman–Crippen MR) is 134 cm³/mol. The second-order valence-corrected chi connectivity index (χ2v) is 8.81. The zero-order valence-corrected chi connectivity index (χ0v) is 20.5. The Morgan fingerprint density at radius 2 is 1.86 bits per heavy atom. The average molecular weight is 504 g/mol. The minimum atomic E-state index is -2.74. The van der Waals surface area contributed by atoms with E-state index in [-0.39, 0.29) is 28.6 Å². The molecule has 4 aromatic heterocycles. The van der Waals surface area contributed by atoms with E-state index in [2.05, 4.69) is 35.9 Å². The highest BCUT2D eigenvalue weighted by molar-refractivity contribution is 5.84. The van der Waals surface area contributed by atoms with Crippen LogP contribution in [0.3, 0.4) is 0 Å². The molecule has 0 amide bonds. The first kappa shape index (κ1) is 24.2. The largest absolute Gasteiger partial charge is 0.454 e. The van der Waals surface area contributed by atoms with Crippen LogP contribution in [0.25, 0.3) is 33.9 Å². The summed E-state index contributed by atoms with van der Waals surface area (Å²) in [6, 6.07) is 11.3. The first-order valence-electron chi connectivity index (χ1n) is 11.5. The number of aromatic amines is 1. The summed E-state index contributed by atoms with van der Waals surface area (Å²) in [7, 11) is 0. The van der Waals surface area contributed by atoms with E-state index in [1.165, 1.54) is 12.1 Å². The molecule has 0 fully saturated rings. The van der Waals surface area contributed by atoms with Gasteiger partial charge in [0, 0.05) is 16.8 Å². The van der Waals surface area contributed by atoms with Crippen LogP contribution in [0.2, 0.25) is 0 Å². The number of nitrogens with zero attached hydrogens (tertiary/aromatic N) is 5. The van der Waals surface area contributed by atoms with Crippen LogP contribution in [0.5, 0.6) is 0 Å². The maximum Gasteiger partial charge on any atom is 0.280 e. The molecule has 1 aromatic carbocycles. The first-order valence-corrected chi connectivity index (χ1v) is 11.5. The number of hydrogen-bond donors (Lipinski definition) is 2. The van der Waals surface area contributed by atoms with Gasteiger partial charge in [0.15, 0.2) is 11.2 Å². The van der Waals surface area contributed by atoms with Crippen molar-refractivity contribution in [3.05, 3.63) is 80.8 Å². The summed E-state index contributed by atoms with van der Waals surface area (Å²) in [5.74, 6) is 0.490. The van der Waals surface area contributed by atoms with Crippen LogP contribution in [0.1, 0.15) is 47.5 Å². The van der Waals surface area contributed by atoms with Gasteiger partial charge in [-0.1, -0.05) is 12.1 Å². The van der Waals surface area contributed by atoms with Crippen LogP contribution in [-0.2, 0) is 0 Å². The molecular weight excluding hydrogens is 480 g/mol. The van der Waals surface area contributed by atoms with E-state index in [1.807, 2.05) is 39.0 Å². The Labute approximate surface area is 210 Å². The molecule has 37 heavy (non-hydrogen) atoms. The van der Waals surface area contributed by atoms with Gasteiger partial charge in [-0.3, -0.25) is 4.79 Å². The molecule has 5 rings (SSSR count). The van der Waals surface area contributed by atoms with Crippen LogP contribution in [0.4, 0.5) is 14.5 Å². The van der Waals surface area contributed by atoms with E-state index in [0.717, 1.165) is 11.3 Å². The highest BCUT2D eigenvalue weighted by Crippen LogP contribution is 2.33. The lowest BCUT2D eigenvalue weighted by Gasteiger charge is -2.20. The third-order valence-corrected chi connectivity index (χ3v) is 6.05. The molecule has 188 valence electrons. The van der Waals surface area contributed by atoms with Crippen molar-refractivity contribution in [2.24, 2.45) is 0 Å². The van der Waals surface area contributed by atoms with Gasteiger partial charge in [-0.05, 0) is 68.8 Å². The molecule has 0 aliphatic carbocycles. The minimum Gasteiger partial charge on any atom is -0.454 e. The lowest BCUT2D eigenvalue weighted by molar-refractivity contribution is 0.146. The van der Waals surface area contributed by atoms with Gasteiger partial charge < -0.3 is 9.73 Å². The number of pyridine rings is 2. The van der Waals surface area contributed by atoms with E-state index in [1.54, 1.807) is 19.1 Å². The van der Waals surface area contributed by atoms with Crippen LogP contribution < -0.4 is 10.7 Å². The molecule has 0 aliphatic rings. The molecule has 1 atom stereocenters. The molecule has 0 saturated carbocycles. The number of halogens is 2. The van der Waals surface area contributed by atoms with Gasteiger partial charge in [0.25, 0.3) is 6.43 Å². The Balaban J connectivity index is 1.64. The third-order valence-electron chi connectivity index (χ3n) is 6.05. The topological polar surface area (TPSA) is 122 Å². The molecule has 5 aromatic rings. The fourth-order valence-electron chi connectivity index (χ4n) is 4.25. The molecule has 0 aliphatic heterocycles. The van der Waals surface area contributed by atoms with Gasteiger partial charge >= 0.3 is 0 Å². The Morgan fingerprint density at radius 3 is 2.59 bits per heavy atom. The van der Waals surface area contributed by atoms with Crippen molar-refractivity contribution in [1.82, 2.24) is 30.6 Å². The molecule has 0 saturated heterocycles. The van der Waals surface area contributed by atoms with Crippen molar-refractivity contribution in [2.75, 3.05) is 5.32 Å². The van der Waals surface area contributed by atoms with E-state index in [0.29, 0.717) is 39.3 Å². The van der Waals surface area contributed by atoms with Gasteiger partial charge in [-0.15, -0.1) is 10.2 Å². The van der Waals surface area contributed by atoms with Crippen LogP contribution in [0, 0.1) is 20.8 Å². The third kappa shape index (κ3) is 4.55. The maximum absolute atomic E-state index is 13.4. The van der Waals surface area contributed by atoms with Crippen molar-refractivity contribution in [3.8, 4) is 23.0 Å². The number of fused-ring (bicyclic) bond motifs is 1. The number of rotatable bonds is 6. The second-order valence-electron chi connectivity index (χ2n) is 8.81. The number of aromatic nitrogens is 6. The Morgan fingerprint density at radius 1 is 1.05 bits per heavy atom. The smallest absolute Gasteiger partial charge is 0.280 e. The number of H-pyrrole nitrogens is 1. The zero-order valence-electron chi connectivity index (χ0n) is 20.5. The Hall–Kier alpha value is -4.54. The Kier molecular flexibility index (Phi) is 6.20. The van der Waals surface area contributed by atoms with Crippen molar-refractivity contribution < 1.29 is 13.2 Å². The summed E-state index contributed by atoms with van der Waals surface area (Å²) in [5, 5.41) is 18.0. The van der Waals surface area contributed by atoms with Crippen molar-refractivity contribution >= 4 is 16.7 Å². The van der Waals surface area contributed by atoms with Gasteiger partial charge in [0.1, 0.15) is 22.7 Å². The van der Waals surface area contributed by atoms with Crippen molar-refractivity contribution in [1.29, 1.82) is 0 Å². The average Bonchev–Trinajstić information content (AvgIpc) is 3.42. The number of hydrogen-bond acceptors (Lipinski definition) is 8. The van der Waals surface area contributed by atoms with Crippen LogP contribution in [0.15, 0.2) is 51.7 Å². The number of benzene rings is 1. The van der Waals surface area contributed by atoms with Crippen LogP contribution in [-0.4, -0.2) is 30.6 Å². The summed E-state index contributed by atoms with van der Waals surface area (Å²) in [6.45, 7) is 7.28. The number of nitrogens with one attached hydrogen (secondary N) is 2. The van der Waals surface area contributed by atoms with Crippen molar-refractivity contribution in [3.63, 3.8) is 0 Å². The quantitative estimate of drug-likeness (QED) is 0.313. The molecule has 0 radical (unpaired) electrons. The fourth-order valence-corrected chi connectivity index (χ4v) is 4.25. The summed E-state index contributed by atoms with van der Waals surface area (Å²) >= 11 is 0. The maximum atomic E-state index is 13.4. The zero-order chi connectivity index (χ0) is 26.3. The SMILES string of the molecule is Cc1cc([C@@H](C)Nc2ccc(C)nc2-c2nn[nH]n2)c2oc(-c3cccc(C(F)F)n3)c(C)c(=O)c2c1. The van der Waals surface area contributed by atoms with Gasteiger partial charge in [-0.25, -0.2) is 18.7 Å². The van der Waals surface area contributed by atoms with E-state index < -0.39 is 6.43 Å². The Bertz CT molecular complexity index is 1670. The number of anilines is 1. The molecule has 11 heteroatoms. The number of tetrazole rings is 1. The van der Waals surface area contributed by atoms with Gasteiger partial charge in [-0.2, -0.15) is 5.21 Å². The van der Waals surface area contributed by atoms with E-state index >= 15 is 0 Å². The molecule has 2 N–H and O–H groups in total. The molecular formula is C26H23F2N7O2. The molecule has 0 bridgehead atoms. The highest BCUT2D eigenvalue weighted by atomic mass is 19.3. The van der Waals surface area contributed by atoms with Gasteiger partial charge in [0.05, 0.1) is 17.1 Å². The minimum absolute atomic E-state index is 0.154. The highest BCUT2D eigenvalue weighted by Gasteiger charge is 2.22. The fraction of sp³-hybridized carbons (Fsp3) is 0.231. The predicted octanol–water partition coefficient (Wildman–Crippen LogP) is 5.47. The number of aryl methyl sites for hydroxylation is 2. The summed E-state index contributed by atoms with van der Waals surface area (Å²) in [5.41, 5.74) is 3.71.